The Hall–Kier alpha value is -2.03. The number of aliphatic imine (C=N–C) groups is 1. The number of furan rings is 1. The van der Waals surface area contributed by atoms with Crippen molar-refractivity contribution < 1.29 is 9.21 Å². The smallest absolute Gasteiger partial charge is 0.251 e. The summed E-state index contributed by atoms with van der Waals surface area (Å²) in [6, 6.07) is 11.4. The molecule has 0 aliphatic rings. The first-order valence-corrected chi connectivity index (χ1v) is 8.57. The number of hydrogen-bond donors (Lipinski definition) is 3. The summed E-state index contributed by atoms with van der Waals surface area (Å²) in [6.45, 7) is 4.04. The first-order valence-electron chi connectivity index (χ1n) is 8.57. The number of nitrogens with one attached hydrogen (secondary N) is 3. The molecule has 0 unspecified atom stereocenters. The molecule has 0 atom stereocenters. The van der Waals surface area contributed by atoms with Gasteiger partial charge >= 0.3 is 0 Å². The van der Waals surface area contributed by atoms with Crippen molar-refractivity contribution in [1.29, 1.82) is 0 Å². The minimum Gasteiger partial charge on any atom is -0.469 e. The molecule has 2 aromatic rings. The van der Waals surface area contributed by atoms with Gasteiger partial charge in [-0.15, -0.1) is 24.0 Å². The molecule has 3 N–H and O–H groups in total. The molecule has 1 aromatic heterocycles. The van der Waals surface area contributed by atoms with Crippen molar-refractivity contribution in [2.75, 3.05) is 20.1 Å². The lowest BCUT2D eigenvalue weighted by molar-refractivity contribution is 0.0953. The lowest BCUT2D eigenvalue weighted by Gasteiger charge is -2.12. The van der Waals surface area contributed by atoms with Gasteiger partial charge in [-0.25, -0.2) is 0 Å². The fraction of sp³-hybridized carbons (Fsp3) is 0.368. The monoisotopic (exact) mass is 470 g/mol. The van der Waals surface area contributed by atoms with E-state index in [1.54, 1.807) is 13.3 Å². The third-order valence-corrected chi connectivity index (χ3v) is 3.65. The van der Waals surface area contributed by atoms with Crippen molar-refractivity contribution in [2.45, 2.75) is 26.3 Å². The van der Waals surface area contributed by atoms with Gasteiger partial charge in [-0.05, 0) is 36.2 Å². The van der Waals surface area contributed by atoms with Crippen LogP contribution in [0.4, 0.5) is 0 Å². The van der Waals surface area contributed by atoms with Crippen molar-refractivity contribution >= 4 is 35.8 Å². The largest absolute Gasteiger partial charge is 0.469 e. The van der Waals surface area contributed by atoms with Gasteiger partial charge in [0.15, 0.2) is 5.96 Å². The van der Waals surface area contributed by atoms with E-state index in [2.05, 4.69) is 20.9 Å². The molecule has 0 saturated heterocycles. The molecule has 1 amide bonds. The fourth-order valence-electron chi connectivity index (χ4n) is 2.33. The van der Waals surface area contributed by atoms with Crippen molar-refractivity contribution in [1.82, 2.24) is 16.0 Å². The molecule has 2 rings (SSSR count). The maximum atomic E-state index is 12.0. The quantitative estimate of drug-likeness (QED) is 0.315. The lowest BCUT2D eigenvalue weighted by Crippen LogP contribution is -2.37. The number of rotatable bonds is 8. The van der Waals surface area contributed by atoms with E-state index in [1.807, 2.05) is 43.3 Å². The highest BCUT2D eigenvalue weighted by molar-refractivity contribution is 14.0. The van der Waals surface area contributed by atoms with Crippen LogP contribution in [-0.2, 0) is 13.0 Å². The molecule has 0 fully saturated rings. The summed E-state index contributed by atoms with van der Waals surface area (Å²) >= 11 is 0. The molecule has 7 heteroatoms. The number of nitrogens with zero attached hydrogens (tertiary/aromatic N) is 1. The molecule has 6 nitrogen and oxygen atoms in total. The molecule has 0 aliphatic heterocycles. The summed E-state index contributed by atoms with van der Waals surface area (Å²) in [5.74, 6) is 1.62. The van der Waals surface area contributed by atoms with E-state index in [1.165, 1.54) is 0 Å². The number of amides is 1. The summed E-state index contributed by atoms with van der Waals surface area (Å²) in [4.78, 5) is 16.2. The van der Waals surface area contributed by atoms with Crippen molar-refractivity contribution in [2.24, 2.45) is 4.99 Å². The summed E-state index contributed by atoms with van der Waals surface area (Å²) in [6.07, 6.45) is 3.39. The molecular formula is C19H27IN4O2. The third-order valence-electron chi connectivity index (χ3n) is 3.65. The number of guanidine groups is 1. The van der Waals surface area contributed by atoms with Crippen molar-refractivity contribution in [3.8, 4) is 0 Å². The molecule has 26 heavy (non-hydrogen) atoms. The molecular weight excluding hydrogens is 443 g/mol. The third kappa shape index (κ3) is 7.47. The van der Waals surface area contributed by atoms with Gasteiger partial charge in [-0.1, -0.05) is 19.1 Å². The molecule has 0 aliphatic carbocycles. The predicted molar refractivity (Wildman–Crippen MR) is 115 cm³/mol. The second-order valence-electron chi connectivity index (χ2n) is 5.64. The van der Waals surface area contributed by atoms with Gasteiger partial charge in [-0.3, -0.25) is 9.79 Å². The standard InChI is InChI=1S/C19H26N4O2.HI/c1-3-10-21-18(24)16-7-4-6-15(13-16)14-23-19(20-2)22-11-9-17-8-5-12-25-17;/h4-8,12-13H,3,9-11,14H2,1-2H3,(H,21,24)(H2,20,22,23);1H. The number of hydrogen-bond acceptors (Lipinski definition) is 3. The zero-order valence-corrected chi connectivity index (χ0v) is 17.6. The van der Waals surface area contributed by atoms with Crippen LogP contribution in [0.2, 0.25) is 0 Å². The maximum absolute atomic E-state index is 12.0. The van der Waals surface area contributed by atoms with E-state index in [-0.39, 0.29) is 29.9 Å². The van der Waals surface area contributed by atoms with Gasteiger partial charge in [0.1, 0.15) is 5.76 Å². The first kappa shape index (κ1) is 22.0. The van der Waals surface area contributed by atoms with Crippen LogP contribution in [0.5, 0.6) is 0 Å². The highest BCUT2D eigenvalue weighted by Crippen LogP contribution is 2.05. The Bertz CT molecular complexity index is 687. The van der Waals surface area contributed by atoms with Gasteiger partial charge in [0.25, 0.3) is 5.91 Å². The molecule has 142 valence electrons. The first-order chi connectivity index (χ1) is 12.2. The second-order valence-corrected chi connectivity index (χ2v) is 5.64. The Balaban J connectivity index is 0.00000338. The molecule has 1 heterocycles. The van der Waals surface area contributed by atoms with Crippen LogP contribution < -0.4 is 16.0 Å². The van der Waals surface area contributed by atoms with E-state index in [4.69, 9.17) is 4.42 Å². The number of carbonyl (C=O) groups excluding carboxylic acids is 1. The van der Waals surface area contributed by atoms with E-state index >= 15 is 0 Å². The zero-order chi connectivity index (χ0) is 17.9. The Morgan fingerprint density at radius 2 is 1.96 bits per heavy atom. The van der Waals surface area contributed by atoms with E-state index < -0.39 is 0 Å². The molecule has 0 saturated carbocycles. The number of benzene rings is 1. The van der Waals surface area contributed by atoms with Gasteiger partial charge in [0, 0.05) is 38.7 Å². The molecule has 0 bridgehead atoms. The van der Waals surface area contributed by atoms with Gasteiger partial charge in [-0.2, -0.15) is 0 Å². The van der Waals surface area contributed by atoms with Crippen molar-refractivity contribution in [3.05, 3.63) is 59.5 Å². The normalized spacial score (nSPS) is 10.8. The zero-order valence-electron chi connectivity index (χ0n) is 15.2. The summed E-state index contributed by atoms with van der Waals surface area (Å²) in [7, 11) is 1.73. The van der Waals surface area contributed by atoms with Crippen LogP contribution in [0.1, 0.15) is 35.0 Å². The van der Waals surface area contributed by atoms with Gasteiger partial charge in [0.2, 0.25) is 0 Å². The Morgan fingerprint density at radius 1 is 1.12 bits per heavy atom. The summed E-state index contributed by atoms with van der Waals surface area (Å²) in [5, 5.41) is 9.38. The SMILES string of the molecule is CCCNC(=O)c1cccc(CNC(=NC)NCCc2ccco2)c1.I. The van der Waals surface area contributed by atoms with Gasteiger partial charge < -0.3 is 20.4 Å². The van der Waals surface area contributed by atoms with E-state index in [0.717, 1.165) is 30.7 Å². The Kier molecular flexibility index (Phi) is 10.5. The second kappa shape index (κ2) is 12.3. The van der Waals surface area contributed by atoms with Crippen molar-refractivity contribution in [3.63, 3.8) is 0 Å². The maximum Gasteiger partial charge on any atom is 0.251 e. The van der Waals surface area contributed by atoms with E-state index in [0.29, 0.717) is 24.6 Å². The fourth-order valence-corrected chi connectivity index (χ4v) is 2.33. The average Bonchev–Trinajstić information content (AvgIpc) is 3.16. The Labute approximate surface area is 171 Å². The lowest BCUT2D eigenvalue weighted by atomic mass is 10.1. The van der Waals surface area contributed by atoms with E-state index in [9.17, 15) is 4.79 Å². The number of carbonyl (C=O) groups is 1. The van der Waals surface area contributed by atoms with Crippen LogP contribution in [0, 0.1) is 0 Å². The molecule has 0 radical (unpaired) electrons. The Morgan fingerprint density at radius 3 is 2.65 bits per heavy atom. The number of halogens is 1. The topological polar surface area (TPSA) is 78.7 Å². The molecule has 1 aromatic carbocycles. The summed E-state index contributed by atoms with van der Waals surface area (Å²) < 4.78 is 5.30. The van der Waals surface area contributed by atoms with Crippen LogP contribution in [0.15, 0.2) is 52.1 Å². The minimum atomic E-state index is -0.0374. The van der Waals surface area contributed by atoms with Crippen LogP contribution in [0.3, 0.4) is 0 Å². The van der Waals surface area contributed by atoms with Crippen LogP contribution in [-0.4, -0.2) is 32.0 Å². The average molecular weight is 470 g/mol. The molecule has 0 spiro atoms. The predicted octanol–water partition coefficient (Wildman–Crippen LogP) is 2.95. The van der Waals surface area contributed by atoms with Crippen LogP contribution in [0.25, 0.3) is 0 Å². The minimum absolute atomic E-state index is 0. The van der Waals surface area contributed by atoms with Crippen LogP contribution >= 0.6 is 24.0 Å². The highest BCUT2D eigenvalue weighted by atomic mass is 127. The summed E-state index contributed by atoms with van der Waals surface area (Å²) in [5.41, 5.74) is 1.70. The highest BCUT2D eigenvalue weighted by Gasteiger charge is 2.06. The van der Waals surface area contributed by atoms with Gasteiger partial charge in [0.05, 0.1) is 6.26 Å².